The molecular formula is C15H25N3O2S. The number of nitrogens with zero attached hydrogens (tertiary/aromatic N) is 1. The van der Waals surface area contributed by atoms with E-state index in [0.717, 1.165) is 25.8 Å². The van der Waals surface area contributed by atoms with Crippen molar-refractivity contribution < 1.29 is 8.42 Å². The summed E-state index contributed by atoms with van der Waals surface area (Å²) in [4.78, 5) is 4.35. The molecule has 1 aliphatic rings. The Labute approximate surface area is 127 Å². The van der Waals surface area contributed by atoms with Gasteiger partial charge in [-0.25, -0.2) is 18.1 Å². The highest BCUT2D eigenvalue weighted by atomic mass is 32.2. The molecule has 1 fully saturated rings. The predicted octanol–water partition coefficient (Wildman–Crippen LogP) is 2.76. The summed E-state index contributed by atoms with van der Waals surface area (Å²) in [6.07, 6.45) is 7.07. The number of hydrogen-bond acceptors (Lipinski definition) is 4. The summed E-state index contributed by atoms with van der Waals surface area (Å²) >= 11 is 0. The van der Waals surface area contributed by atoms with E-state index >= 15 is 0 Å². The Morgan fingerprint density at radius 1 is 1.24 bits per heavy atom. The van der Waals surface area contributed by atoms with Crippen molar-refractivity contribution in [2.24, 2.45) is 5.41 Å². The highest BCUT2D eigenvalue weighted by Gasteiger charge is 2.33. The molecule has 1 saturated carbocycles. The lowest BCUT2D eigenvalue weighted by atomic mass is 9.84. The Morgan fingerprint density at radius 3 is 2.48 bits per heavy atom. The van der Waals surface area contributed by atoms with Crippen molar-refractivity contribution in [3.63, 3.8) is 0 Å². The molecule has 0 spiro atoms. The highest BCUT2D eigenvalue weighted by molar-refractivity contribution is 7.89. The molecule has 0 atom stereocenters. The normalized spacial score (nSPS) is 17.8. The maximum atomic E-state index is 12.3. The van der Waals surface area contributed by atoms with Crippen LogP contribution < -0.4 is 10.0 Å². The molecule has 0 aliphatic heterocycles. The molecule has 2 rings (SSSR count). The van der Waals surface area contributed by atoms with Gasteiger partial charge in [0.15, 0.2) is 0 Å². The van der Waals surface area contributed by atoms with E-state index in [1.807, 2.05) is 6.92 Å². The van der Waals surface area contributed by atoms with Gasteiger partial charge in [-0.1, -0.05) is 19.8 Å². The van der Waals surface area contributed by atoms with Gasteiger partial charge in [-0.2, -0.15) is 0 Å². The molecule has 21 heavy (non-hydrogen) atoms. The molecule has 0 unspecified atom stereocenters. The van der Waals surface area contributed by atoms with Crippen LogP contribution in [0.5, 0.6) is 0 Å². The molecule has 2 N–H and O–H groups in total. The van der Waals surface area contributed by atoms with Crippen molar-refractivity contribution in [2.75, 3.05) is 18.4 Å². The average Bonchev–Trinajstić information content (AvgIpc) is 2.96. The van der Waals surface area contributed by atoms with Gasteiger partial charge in [0.1, 0.15) is 10.7 Å². The van der Waals surface area contributed by atoms with Crippen LogP contribution in [0.15, 0.2) is 23.2 Å². The third-order valence-corrected chi connectivity index (χ3v) is 5.84. The van der Waals surface area contributed by atoms with Crippen molar-refractivity contribution in [3.05, 3.63) is 18.3 Å². The van der Waals surface area contributed by atoms with E-state index in [2.05, 4.69) is 21.9 Å². The first kappa shape index (κ1) is 16.2. The number of aromatic nitrogens is 1. The predicted molar refractivity (Wildman–Crippen MR) is 84.8 cm³/mol. The number of pyridine rings is 1. The number of sulfonamides is 1. The molecule has 0 amide bonds. The van der Waals surface area contributed by atoms with E-state index in [9.17, 15) is 8.42 Å². The van der Waals surface area contributed by atoms with Gasteiger partial charge in [0.05, 0.1) is 0 Å². The standard InChI is InChI=1S/C15H25N3O2S/c1-3-15(9-5-6-10-15)12-18-21(19,20)13-7-8-14(16-4-2)17-11-13/h7-8,11,18H,3-6,9-10,12H2,1-2H3,(H,16,17). The van der Waals surface area contributed by atoms with Crippen LogP contribution in [-0.2, 0) is 10.0 Å². The Morgan fingerprint density at radius 2 is 1.95 bits per heavy atom. The second-order valence-corrected chi connectivity index (χ2v) is 7.56. The summed E-state index contributed by atoms with van der Waals surface area (Å²) in [6.45, 7) is 5.41. The molecule has 6 heteroatoms. The molecule has 0 bridgehead atoms. The Balaban J connectivity index is 2.04. The third-order valence-electron chi connectivity index (χ3n) is 4.46. The minimum atomic E-state index is -3.47. The molecule has 0 radical (unpaired) electrons. The van der Waals surface area contributed by atoms with Crippen LogP contribution in [0.25, 0.3) is 0 Å². The van der Waals surface area contributed by atoms with Gasteiger partial charge < -0.3 is 5.32 Å². The SMILES string of the molecule is CCNc1ccc(S(=O)(=O)NCC2(CC)CCCC2)cn1. The first-order valence-electron chi connectivity index (χ1n) is 7.71. The quantitative estimate of drug-likeness (QED) is 0.812. The fraction of sp³-hybridized carbons (Fsp3) is 0.667. The maximum Gasteiger partial charge on any atom is 0.242 e. The second kappa shape index (κ2) is 6.75. The number of nitrogens with one attached hydrogen (secondary N) is 2. The lowest BCUT2D eigenvalue weighted by Gasteiger charge is -2.27. The number of rotatable bonds is 7. The van der Waals surface area contributed by atoms with Crippen molar-refractivity contribution in [3.8, 4) is 0 Å². The topological polar surface area (TPSA) is 71.1 Å². The van der Waals surface area contributed by atoms with Gasteiger partial charge in [0.2, 0.25) is 10.0 Å². The molecule has 5 nitrogen and oxygen atoms in total. The van der Waals surface area contributed by atoms with Crippen LogP contribution in [0.3, 0.4) is 0 Å². The first-order chi connectivity index (χ1) is 10.0. The fourth-order valence-corrected chi connectivity index (χ4v) is 4.04. The lowest BCUT2D eigenvalue weighted by Crippen LogP contribution is -2.35. The summed E-state index contributed by atoms with van der Waals surface area (Å²) in [5.41, 5.74) is 0.143. The molecule has 1 aromatic heterocycles. The van der Waals surface area contributed by atoms with E-state index in [1.165, 1.54) is 19.0 Å². The minimum absolute atomic E-state index is 0.143. The van der Waals surface area contributed by atoms with Crippen LogP contribution >= 0.6 is 0 Å². The first-order valence-corrected chi connectivity index (χ1v) is 9.19. The summed E-state index contributed by atoms with van der Waals surface area (Å²) in [6, 6.07) is 3.30. The van der Waals surface area contributed by atoms with Crippen LogP contribution in [0, 0.1) is 5.41 Å². The van der Waals surface area contributed by atoms with Crippen molar-refractivity contribution in [1.29, 1.82) is 0 Å². The minimum Gasteiger partial charge on any atom is -0.370 e. The van der Waals surface area contributed by atoms with E-state index in [4.69, 9.17) is 0 Å². The Hall–Kier alpha value is -1.14. The summed E-state index contributed by atoms with van der Waals surface area (Å²) in [5, 5.41) is 3.05. The van der Waals surface area contributed by atoms with Crippen LogP contribution in [0.1, 0.15) is 46.0 Å². The van der Waals surface area contributed by atoms with Gasteiger partial charge in [0, 0.05) is 19.3 Å². The van der Waals surface area contributed by atoms with Crippen molar-refractivity contribution in [2.45, 2.75) is 50.8 Å². The highest BCUT2D eigenvalue weighted by Crippen LogP contribution is 2.40. The van der Waals surface area contributed by atoms with Gasteiger partial charge in [-0.05, 0) is 43.7 Å². The summed E-state index contributed by atoms with van der Waals surface area (Å²) < 4.78 is 27.5. The maximum absolute atomic E-state index is 12.3. The number of anilines is 1. The second-order valence-electron chi connectivity index (χ2n) is 5.79. The molecule has 118 valence electrons. The molecule has 0 saturated heterocycles. The van der Waals surface area contributed by atoms with Gasteiger partial charge >= 0.3 is 0 Å². The fourth-order valence-electron chi connectivity index (χ4n) is 2.94. The molecule has 1 heterocycles. The molecule has 0 aromatic carbocycles. The van der Waals surface area contributed by atoms with Crippen molar-refractivity contribution in [1.82, 2.24) is 9.71 Å². The van der Waals surface area contributed by atoms with E-state index in [-0.39, 0.29) is 10.3 Å². The van der Waals surface area contributed by atoms with E-state index in [0.29, 0.717) is 12.4 Å². The van der Waals surface area contributed by atoms with Crippen LogP contribution in [0.4, 0.5) is 5.82 Å². The van der Waals surface area contributed by atoms with E-state index in [1.54, 1.807) is 12.1 Å². The lowest BCUT2D eigenvalue weighted by molar-refractivity contribution is 0.285. The number of hydrogen-bond donors (Lipinski definition) is 2. The van der Waals surface area contributed by atoms with Crippen molar-refractivity contribution >= 4 is 15.8 Å². The Kier molecular flexibility index (Phi) is 5.22. The zero-order chi connectivity index (χ0) is 15.3. The summed E-state index contributed by atoms with van der Waals surface area (Å²) in [5.74, 6) is 0.692. The average molecular weight is 311 g/mol. The zero-order valence-electron chi connectivity index (χ0n) is 12.9. The molecular weight excluding hydrogens is 286 g/mol. The summed E-state index contributed by atoms with van der Waals surface area (Å²) in [7, 11) is -3.47. The van der Waals surface area contributed by atoms with Gasteiger partial charge in [0.25, 0.3) is 0 Å². The van der Waals surface area contributed by atoms with Crippen LogP contribution in [-0.4, -0.2) is 26.5 Å². The zero-order valence-corrected chi connectivity index (χ0v) is 13.7. The van der Waals surface area contributed by atoms with Gasteiger partial charge in [-0.15, -0.1) is 0 Å². The van der Waals surface area contributed by atoms with Gasteiger partial charge in [-0.3, -0.25) is 0 Å². The van der Waals surface area contributed by atoms with Crippen LogP contribution in [0.2, 0.25) is 0 Å². The molecule has 1 aliphatic carbocycles. The smallest absolute Gasteiger partial charge is 0.242 e. The Bertz CT molecular complexity index is 549. The monoisotopic (exact) mass is 311 g/mol. The molecule has 1 aromatic rings. The largest absolute Gasteiger partial charge is 0.370 e. The third kappa shape index (κ3) is 3.95. The van der Waals surface area contributed by atoms with E-state index < -0.39 is 10.0 Å².